The van der Waals surface area contributed by atoms with Gasteiger partial charge in [-0.05, 0) is 45.4 Å². The molecule has 6 heterocycles. The fourth-order valence-corrected chi connectivity index (χ4v) is 19.7. The smallest absolute Gasteiger partial charge is 0.316 e. The number of carbonyl (C=O) groups is 4. The van der Waals surface area contributed by atoms with Gasteiger partial charge >= 0.3 is 17.9 Å². The van der Waals surface area contributed by atoms with E-state index in [-0.39, 0.29) is 46.2 Å². The zero-order valence-electron chi connectivity index (χ0n) is 73.0. The lowest BCUT2D eigenvalue weighted by Gasteiger charge is -2.55. The van der Waals surface area contributed by atoms with Gasteiger partial charge in [-0.15, -0.1) is 0 Å². The molecule has 16 rings (SSSR count). The van der Waals surface area contributed by atoms with Crippen molar-refractivity contribution >= 4 is 23.7 Å². The number of ether oxygens (including phenoxy) is 22. The molecule has 3 saturated carbocycles. The Morgan fingerprint density at radius 2 is 0.636 bits per heavy atom. The first-order valence-corrected chi connectivity index (χ1v) is 44.3. The third kappa shape index (κ3) is 19.2. The molecule has 32 unspecified atom stereocenters. The molecule has 7 aromatic rings. The average molecular weight is 1790 g/mol. The summed E-state index contributed by atoms with van der Waals surface area (Å²) in [6.07, 6.45) is -25.5. The Labute approximate surface area is 748 Å². The fraction of sp³-hybridized carbons (Fsp3) is 0.531. The van der Waals surface area contributed by atoms with Crippen molar-refractivity contribution in [3.05, 3.63) is 251 Å². The molecule has 0 bridgehead atoms. The van der Waals surface area contributed by atoms with Crippen LogP contribution in [-0.2, 0) is 170 Å². The van der Waals surface area contributed by atoms with Crippen LogP contribution in [0, 0.1) is 53.3 Å². The number of fused-ring (bicyclic) bond motifs is 3. The number of rotatable bonds is 41. The Kier molecular flexibility index (Phi) is 30.8. The third-order valence-electron chi connectivity index (χ3n) is 26.4. The Morgan fingerprint density at radius 3 is 0.992 bits per heavy atom. The van der Waals surface area contributed by atoms with Crippen molar-refractivity contribution in [2.24, 2.45) is 53.3 Å². The summed E-state index contributed by atoms with van der Waals surface area (Å²) in [7, 11) is 3.59. The van der Waals surface area contributed by atoms with Gasteiger partial charge in [0, 0.05) is 24.4 Å². The van der Waals surface area contributed by atoms with Gasteiger partial charge in [0.15, 0.2) is 48.8 Å². The summed E-state index contributed by atoms with van der Waals surface area (Å²) in [5.74, 6) is -20.1. The molecule has 9 fully saturated rings. The first-order chi connectivity index (χ1) is 62.8. The third-order valence-corrected chi connectivity index (χ3v) is 26.4. The largest absolute Gasteiger partial charge is 0.469 e. The van der Waals surface area contributed by atoms with Crippen molar-refractivity contribution in [1.82, 2.24) is 0 Å². The highest BCUT2D eigenvalue weighted by atomic mass is 16.8. The molecule has 0 radical (unpaired) electrons. The molecule has 31 nitrogen and oxygen atoms in total. The van der Waals surface area contributed by atoms with Gasteiger partial charge in [0.1, 0.15) is 72.5 Å². The number of carbonyl (C=O) groups excluding carboxylic acids is 4. The Balaban J connectivity index is 0.690. The molecular weight excluding hydrogens is 1670 g/mol. The van der Waals surface area contributed by atoms with E-state index in [1.54, 1.807) is 38.1 Å². The standard InChI is InChI=1S/C98H116O31/c1-8-9-45-111-90-56(2)78(112-49-59-31-17-10-18-32-59)81(66(46-99)119-90)122-94-76(103)70-85(73(88(106)109-6)97(70,128-94)117-54-64-41-27-15-28-42-64)125-92-58(4)80(114-51-61-35-21-12-22-36-61)83(68(48-101)121-92)124-95-77(104)71-86(74(89(107)110-7)98(71,129-95)118-55-65-43-29-16-30-44-65)126-91-57(3)79(113-50-60-33-19-11-20-34-60)82(67(47-100)120-91)123-93-75(102)69-84(115-52-62-37-23-13-24-38-62)72(87(105)108-5)96(69,127-93)116-53-63-39-25-14-26-40-63/h10-44,56-58,66-76,78-86,90-95,99-103H,8-9,45-55H2,1-7H3. The lowest BCUT2D eigenvalue weighted by atomic mass is 9.64. The topological polar surface area (TPSA) is 372 Å². The van der Waals surface area contributed by atoms with Crippen molar-refractivity contribution in [2.45, 2.75) is 227 Å². The van der Waals surface area contributed by atoms with E-state index in [1.807, 2.05) is 202 Å². The quantitative estimate of drug-likeness (QED) is 0.0136. The number of benzene rings is 7. The lowest BCUT2D eigenvalue weighted by molar-refractivity contribution is -0.412. The number of aliphatic hydroxyl groups is 5. The zero-order chi connectivity index (χ0) is 90.1. The number of Topliss-reactive ketones (excluding diaryl/α,β-unsaturated/α-hetero) is 1. The second-order valence-corrected chi connectivity index (χ2v) is 34.4. The number of hydrogen-bond acceptors (Lipinski definition) is 31. The Hall–Kier alpha value is -8.34. The molecule has 3 aliphatic carbocycles. The maximum absolute atomic E-state index is 16.2. The second kappa shape index (κ2) is 42.3. The second-order valence-electron chi connectivity index (χ2n) is 34.4. The highest BCUT2D eigenvalue weighted by Gasteiger charge is 2.81. The number of esters is 3. The van der Waals surface area contributed by atoms with Crippen LogP contribution in [0.25, 0.3) is 0 Å². The van der Waals surface area contributed by atoms with E-state index in [1.165, 1.54) is 14.2 Å². The molecule has 694 valence electrons. The molecule has 6 aliphatic heterocycles. The van der Waals surface area contributed by atoms with Crippen molar-refractivity contribution in [2.75, 3.05) is 47.8 Å². The van der Waals surface area contributed by atoms with Gasteiger partial charge in [0.25, 0.3) is 0 Å². The molecule has 0 spiro atoms. The van der Waals surface area contributed by atoms with Gasteiger partial charge in [-0.1, -0.05) is 246 Å². The predicted octanol–water partition coefficient (Wildman–Crippen LogP) is 8.49. The minimum Gasteiger partial charge on any atom is -0.469 e. The van der Waals surface area contributed by atoms with Crippen LogP contribution < -0.4 is 0 Å². The number of aliphatic hydroxyl groups excluding tert-OH is 5. The van der Waals surface area contributed by atoms with Gasteiger partial charge < -0.3 is 130 Å². The molecule has 0 amide bonds. The SMILES string of the molecule is CCCCOC1OC(CO)C(OC2OC3(OCc4ccccc4)C(C(=O)OC)C(OC4OC(CO)C(OC5OC6(OCc7ccccc7)C(C(=O)OC)C(OC7OC(CO)C(OC8OC9(OCc%10ccccc%10)C(C(=O)OC)C(OCc%10ccccc%10)C9C8O)C(OCc8ccccc8)C7C)C6C5=O)C(OCc5ccccc5)C4C)C3C2O)C(OCc2ccccc2)C1C. The molecule has 7 aromatic carbocycles. The normalized spacial score (nSPS) is 36.7. The van der Waals surface area contributed by atoms with Crippen molar-refractivity contribution in [1.29, 1.82) is 0 Å². The molecular formula is C98H116O31. The van der Waals surface area contributed by atoms with Crippen LogP contribution in [0.5, 0.6) is 0 Å². The molecule has 9 aliphatic rings. The van der Waals surface area contributed by atoms with E-state index in [9.17, 15) is 39.9 Å². The minimum atomic E-state index is -2.23. The number of unbranched alkanes of at least 4 members (excludes halogenated alkanes) is 1. The summed E-state index contributed by atoms with van der Waals surface area (Å²) in [5.41, 5.74) is 5.11. The zero-order valence-corrected chi connectivity index (χ0v) is 73.0. The molecule has 5 N–H and O–H groups in total. The molecule has 129 heavy (non-hydrogen) atoms. The molecule has 0 aromatic heterocycles. The summed E-state index contributed by atoms with van der Waals surface area (Å²) in [6.45, 7) is 5.22. The summed E-state index contributed by atoms with van der Waals surface area (Å²) in [6, 6.07) is 64.5. The first-order valence-electron chi connectivity index (χ1n) is 44.3. The Bertz CT molecular complexity index is 4730. The average Bonchev–Trinajstić information content (AvgIpc) is 1.55. The number of ketones is 1. The van der Waals surface area contributed by atoms with E-state index in [2.05, 4.69) is 0 Å². The molecule has 31 heteroatoms. The van der Waals surface area contributed by atoms with Gasteiger partial charge in [0.2, 0.25) is 12.1 Å². The maximum atomic E-state index is 16.2. The van der Waals surface area contributed by atoms with Gasteiger partial charge in [-0.25, -0.2) is 0 Å². The van der Waals surface area contributed by atoms with Gasteiger partial charge in [-0.3, -0.25) is 19.2 Å². The van der Waals surface area contributed by atoms with Crippen LogP contribution in [0.2, 0.25) is 0 Å². The maximum Gasteiger partial charge on any atom is 0.316 e. The monoisotopic (exact) mass is 1790 g/mol. The van der Waals surface area contributed by atoms with E-state index >= 15 is 4.79 Å². The van der Waals surface area contributed by atoms with E-state index in [0.717, 1.165) is 42.2 Å². The minimum absolute atomic E-state index is 0.0393. The summed E-state index contributed by atoms with van der Waals surface area (Å²) in [5, 5.41) is 60.5. The van der Waals surface area contributed by atoms with Crippen molar-refractivity contribution < 1.29 is 149 Å². The molecule has 6 saturated heterocycles. The highest BCUT2D eigenvalue weighted by Crippen LogP contribution is 2.63. The van der Waals surface area contributed by atoms with Crippen LogP contribution in [0.3, 0.4) is 0 Å². The van der Waals surface area contributed by atoms with Gasteiger partial charge in [0.05, 0.1) is 136 Å². The molecule has 32 atom stereocenters. The Morgan fingerprint density at radius 1 is 0.341 bits per heavy atom. The summed E-state index contributed by atoms with van der Waals surface area (Å²) < 4.78 is 146. The predicted molar refractivity (Wildman–Crippen MR) is 451 cm³/mol. The van der Waals surface area contributed by atoms with Crippen molar-refractivity contribution in [3.8, 4) is 0 Å². The summed E-state index contributed by atoms with van der Waals surface area (Å²) >= 11 is 0. The van der Waals surface area contributed by atoms with Crippen LogP contribution in [-0.4, -0.2) is 238 Å². The van der Waals surface area contributed by atoms with Gasteiger partial charge in [-0.2, -0.15) is 0 Å². The van der Waals surface area contributed by atoms with Crippen LogP contribution in [0.15, 0.2) is 212 Å². The summed E-state index contributed by atoms with van der Waals surface area (Å²) in [4.78, 5) is 60.1. The van der Waals surface area contributed by atoms with Crippen LogP contribution >= 0.6 is 0 Å². The van der Waals surface area contributed by atoms with Crippen LogP contribution in [0.1, 0.15) is 79.5 Å². The number of hydrogen-bond donors (Lipinski definition) is 5. The fourth-order valence-electron chi connectivity index (χ4n) is 19.7. The number of methoxy groups -OCH3 is 3. The highest BCUT2D eigenvalue weighted by molar-refractivity contribution is 5.93. The van der Waals surface area contributed by atoms with E-state index < -0.39 is 237 Å². The lowest BCUT2D eigenvalue weighted by Crippen LogP contribution is -2.72. The first kappa shape index (κ1) is 93.9. The van der Waals surface area contributed by atoms with Crippen molar-refractivity contribution in [3.63, 3.8) is 0 Å². The van der Waals surface area contributed by atoms with E-state index in [4.69, 9.17) is 104 Å². The van der Waals surface area contributed by atoms with E-state index in [0.29, 0.717) is 23.3 Å². The van der Waals surface area contributed by atoms with Crippen LogP contribution in [0.4, 0.5) is 0 Å².